The van der Waals surface area contributed by atoms with Gasteiger partial charge in [0.15, 0.2) is 5.76 Å². The Morgan fingerprint density at radius 3 is 2.66 bits per heavy atom. The van der Waals surface area contributed by atoms with Crippen LogP contribution in [0.5, 0.6) is 5.75 Å². The molecule has 0 bridgehead atoms. The molecule has 3 aromatic rings. The number of furan rings is 1. The Balaban J connectivity index is 1.49. The van der Waals surface area contributed by atoms with Gasteiger partial charge in [-0.2, -0.15) is 10.2 Å². The van der Waals surface area contributed by atoms with Crippen LogP contribution in [0.3, 0.4) is 0 Å². The normalized spacial score (nSPS) is 14.8. The van der Waals surface area contributed by atoms with Gasteiger partial charge in [-0.25, -0.2) is 0 Å². The van der Waals surface area contributed by atoms with Crippen LogP contribution >= 0.6 is 0 Å². The minimum absolute atomic E-state index is 0.286. The molecule has 0 saturated carbocycles. The molecule has 1 saturated heterocycles. The molecule has 0 amide bonds. The predicted molar refractivity (Wildman–Crippen MR) is 109 cm³/mol. The summed E-state index contributed by atoms with van der Waals surface area (Å²) in [4.78, 5) is 8.64. The number of benzene rings is 1. The average Bonchev–Trinajstić information content (AvgIpc) is 3.36. The number of hydrogen-bond donors (Lipinski definition) is 0. The first-order valence-corrected chi connectivity index (χ1v) is 9.67. The SMILES string of the molecule is Cc1ccc(C)c(OCc2ccc(-c3nc(C#N)c(N4CCN(C)CC4)o3)o2)c1. The van der Waals surface area contributed by atoms with Crippen LogP contribution in [-0.4, -0.2) is 43.1 Å². The predicted octanol–water partition coefficient (Wildman–Crippen LogP) is 3.75. The van der Waals surface area contributed by atoms with Crippen molar-refractivity contribution in [2.45, 2.75) is 20.5 Å². The van der Waals surface area contributed by atoms with Crippen molar-refractivity contribution in [3.05, 3.63) is 52.9 Å². The van der Waals surface area contributed by atoms with Gasteiger partial charge in [-0.05, 0) is 50.2 Å². The molecule has 0 unspecified atom stereocenters. The third kappa shape index (κ3) is 4.13. The number of aromatic nitrogens is 1. The van der Waals surface area contributed by atoms with Crippen molar-refractivity contribution >= 4 is 5.88 Å². The summed E-state index contributed by atoms with van der Waals surface area (Å²) < 4.78 is 17.7. The molecule has 1 aliphatic heterocycles. The molecule has 0 spiro atoms. The molecule has 0 atom stereocenters. The number of hydrogen-bond acceptors (Lipinski definition) is 7. The van der Waals surface area contributed by atoms with Crippen molar-refractivity contribution in [2.24, 2.45) is 0 Å². The summed E-state index contributed by atoms with van der Waals surface area (Å²) in [5.74, 6) is 2.82. The summed E-state index contributed by atoms with van der Waals surface area (Å²) >= 11 is 0. The van der Waals surface area contributed by atoms with Crippen LogP contribution in [0.15, 0.2) is 39.2 Å². The number of nitriles is 1. The van der Waals surface area contributed by atoms with E-state index in [0.717, 1.165) is 43.1 Å². The highest BCUT2D eigenvalue weighted by Crippen LogP contribution is 2.30. The van der Waals surface area contributed by atoms with Gasteiger partial charge in [0.2, 0.25) is 11.6 Å². The monoisotopic (exact) mass is 392 g/mol. The summed E-state index contributed by atoms with van der Waals surface area (Å²) in [5, 5.41) is 9.46. The molecule has 1 aliphatic rings. The maximum atomic E-state index is 9.46. The first kappa shape index (κ1) is 19.1. The van der Waals surface area contributed by atoms with E-state index in [4.69, 9.17) is 13.6 Å². The molecule has 150 valence electrons. The number of likely N-dealkylation sites (N-methyl/N-ethyl adjacent to an activating group) is 1. The maximum Gasteiger partial charge on any atom is 0.266 e. The third-order valence-corrected chi connectivity index (χ3v) is 5.09. The molecule has 3 heterocycles. The topological polar surface area (TPSA) is 78.7 Å². The van der Waals surface area contributed by atoms with Gasteiger partial charge in [0.1, 0.15) is 24.2 Å². The zero-order chi connectivity index (χ0) is 20.4. The van der Waals surface area contributed by atoms with E-state index >= 15 is 0 Å². The van der Waals surface area contributed by atoms with E-state index in [1.54, 1.807) is 6.07 Å². The van der Waals surface area contributed by atoms with E-state index in [1.807, 2.05) is 32.0 Å². The van der Waals surface area contributed by atoms with E-state index in [-0.39, 0.29) is 5.69 Å². The zero-order valence-electron chi connectivity index (χ0n) is 16.9. The fraction of sp³-hybridized carbons (Fsp3) is 0.364. The summed E-state index contributed by atoms with van der Waals surface area (Å²) in [5.41, 5.74) is 2.51. The van der Waals surface area contributed by atoms with Crippen LogP contribution in [0, 0.1) is 25.2 Å². The van der Waals surface area contributed by atoms with Gasteiger partial charge < -0.3 is 23.4 Å². The number of nitrogens with zero attached hydrogens (tertiary/aromatic N) is 4. The Morgan fingerprint density at radius 2 is 1.90 bits per heavy atom. The molecule has 0 radical (unpaired) electrons. The molecule has 7 heteroatoms. The fourth-order valence-electron chi connectivity index (χ4n) is 3.30. The molecule has 7 nitrogen and oxygen atoms in total. The Hall–Kier alpha value is -3.24. The van der Waals surface area contributed by atoms with Crippen molar-refractivity contribution in [3.8, 4) is 23.5 Å². The summed E-state index contributed by atoms with van der Waals surface area (Å²) in [7, 11) is 2.08. The van der Waals surface area contributed by atoms with E-state index in [9.17, 15) is 5.26 Å². The zero-order valence-corrected chi connectivity index (χ0v) is 16.9. The van der Waals surface area contributed by atoms with Crippen molar-refractivity contribution in [1.29, 1.82) is 5.26 Å². The molecular weight excluding hydrogens is 368 g/mol. The van der Waals surface area contributed by atoms with Crippen LogP contribution in [0.2, 0.25) is 0 Å². The Bertz CT molecular complexity index is 1040. The van der Waals surface area contributed by atoms with Crippen LogP contribution in [0.1, 0.15) is 22.6 Å². The van der Waals surface area contributed by atoms with Gasteiger partial charge in [0, 0.05) is 26.2 Å². The Labute approximate surface area is 170 Å². The lowest BCUT2D eigenvalue weighted by atomic mass is 10.1. The van der Waals surface area contributed by atoms with Crippen molar-refractivity contribution in [2.75, 3.05) is 38.1 Å². The first-order valence-electron chi connectivity index (χ1n) is 9.67. The van der Waals surface area contributed by atoms with Gasteiger partial charge in [-0.15, -0.1) is 0 Å². The number of oxazole rings is 1. The number of rotatable bonds is 5. The standard InChI is InChI=1S/C22H24N4O3/c1-15-4-5-16(2)20(12-15)27-14-17-6-7-19(28-17)21-24-18(13-23)22(29-21)26-10-8-25(3)9-11-26/h4-7,12H,8-11,14H2,1-3H3. The highest BCUT2D eigenvalue weighted by Gasteiger charge is 2.24. The van der Waals surface area contributed by atoms with Crippen LogP contribution in [0.4, 0.5) is 5.88 Å². The molecular formula is C22H24N4O3. The van der Waals surface area contributed by atoms with Crippen molar-refractivity contribution in [3.63, 3.8) is 0 Å². The Morgan fingerprint density at radius 1 is 1.10 bits per heavy atom. The lowest BCUT2D eigenvalue weighted by Gasteiger charge is -2.31. The number of aryl methyl sites for hydroxylation is 2. The van der Waals surface area contributed by atoms with Gasteiger partial charge in [0.25, 0.3) is 5.89 Å². The lowest BCUT2D eigenvalue weighted by molar-refractivity contribution is 0.269. The smallest absolute Gasteiger partial charge is 0.266 e. The molecule has 0 N–H and O–H groups in total. The second-order valence-electron chi connectivity index (χ2n) is 7.40. The number of ether oxygens (including phenoxy) is 1. The summed E-state index contributed by atoms with van der Waals surface area (Å²) in [6.45, 7) is 7.79. The van der Waals surface area contributed by atoms with E-state index in [2.05, 4.69) is 34.0 Å². The van der Waals surface area contributed by atoms with Crippen LogP contribution in [0.25, 0.3) is 11.7 Å². The van der Waals surface area contributed by atoms with Gasteiger partial charge in [0.05, 0.1) is 0 Å². The number of piperazine rings is 1. The second-order valence-corrected chi connectivity index (χ2v) is 7.40. The average molecular weight is 392 g/mol. The van der Waals surface area contributed by atoms with Crippen molar-refractivity contribution in [1.82, 2.24) is 9.88 Å². The number of anilines is 1. The first-order chi connectivity index (χ1) is 14.0. The minimum atomic E-state index is 0.286. The summed E-state index contributed by atoms with van der Waals surface area (Å²) in [6.07, 6.45) is 0. The summed E-state index contributed by atoms with van der Waals surface area (Å²) in [6, 6.07) is 11.9. The minimum Gasteiger partial charge on any atom is -0.485 e. The fourth-order valence-corrected chi connectivity index (χ4v) is 3.30. The van der Waals surface area contributed by atoms with Crippen LogP contribution in [-0.2, 0) is 6.61 Å². The van der Waals surface area contributed by atoms with Crippen LogP contribution < -0.4 is 9.64 Å². The highest BCUT2D eigenvalue weighted by molar-refractivity contribution is 5.56. The molecule has 1 aromatic carbocycles. The molecule has 1 fully saturated rings. The molecule has 4 rings (SSSR count). The lowest BCUT2D eigenvalue weighted by Crippen LogP contribution is -2.44. The molecule has 0 aliphatic carbocycles. The van der Waals surface area contributed by atoms with Gasteiger partial charge in [-0.3, -0.25) is 0 Å². The van der Waals surface area contributed by atoms with E-state index in [1.165, 1.54) is 0 Å². The Kier molecular flexibility index (Phi) is 5.28. The van der Waals surface area contributed by atoms with Gasteiger partial charge in [-0.1, -0.05) is 12.1 Å². The highest BCUT2D eigenvalue weighted by atomic mass is 16.5. The maximum absolute atomic E-state index is 9.46. The third-order valence-electron chi connectivity index (χ3n) is 5.09. The van der Waals surface area contributed by atoms with E-state index < -0.39 is 0 Å². The largest absolute Gasteiger partial charge is 0.485 e. The molecule has 29 heavy (non-hydrogen) atoms. The van der Waals surface area contributed by atoms with E-state index in [0.29, 0.717) is 29.9 Å². The molecule has 2 aromatic heterocycles. The second kappa shape index (κ2) is 8.02. The van der Waals surface area contributed by atoms with Gasteiger partial charge >= 0.3 is 0 Å². The van der Waals surface area contributed by atoms with Crippen molar-refractivity contribution < 1.29 is 13.6 Å². The quantitative estimate of drug-likeness (QED) is 0.654.